The van der Waals surface area contributed by atoms with Crippen molar-refractivity contribution in [2.24, 2.45) is 0 Å². The lowest BCUT2D eigenvalue weighted by molar-refractivity contribution is -0.137. The maximum atomic E-state index is 13.3. The first-order valence-electron chi connectivity index (χ1n) is 4.59. The summed E-state index contributed by atoms with van der Waals surface area (Å²) in [6.07, 6.45) is -0.0289. The zero-order valence-electron chi connectivity index (χ0n) is 8.55. The van der Waals surface area contributed by atoms with Crippen molar-refractivity contribution in [1.82, 2.24) is 0 Å². The lowest BCUT2D eigenvalue weighted by Crippen LogP contribution is -2.03. The molecule has 1 atom stereocenters. The minimum Gasteiger partial charge on any atom is -0.481 e. The van der Waals surface area contributed by atoms with Gasteiger partial charge in [0.1, 0.15) is 5.82 Å². The van der Waals surface area contributed by atoms with Gasteiger partial charge in [-0.25, -0.2) is 4.39 Å². The largest absolute Gasteiger partial charge is 0.481 e. The molecule has 0 aliphatic heterocycles. The van der Waals surface area contributed by atoms with Gasteiger partial charge in [-0.15, -0.1) is 0 Å². The first-order chi connectivity index (χ1) is 6.91. The molecule has 0 fully saturated rings. The van der Waals surface area contributed by atoms with E-state index in [0.29, 0.717) is 16.1 Å². The molecule has 0 aliphatic rings. The highest BCUT2D eigenvalue weighted by molar-refractivity contribution is 6.31. The Morgan fingerprint density at radius 3 is 2.67 bits per heavy atom. The first kappa shape index (κ1) is 12.0. The lowest BCUT2D eigenvalue weighted by Gasteiger charge is -2.11. The molecule has 2 nitrogen and oxygen atoms in total. The Labute approximate surface area is 92.7 Å². The third kappa shape index (κ3) is 2.93. The second kappa shape index (κ2) is 4.62. The van der Waals surface area contributed by atoms with Crippen molar-refractivity contribution in [1.29, 1.82) is 0 Å². The van der Waals surface area contributed by atoms with Crippen LogP contribution in [0.15, 0.2) is 12.1 Å². The van der Waals surface area contributed by atoms with E-state index in [1.54, 1.807) is 19.9 Å². The van der Waals surface area contributed by atoms with Crippen molar-refractivity contribution in [2.45, 2.75) is 26.2 Å². The summed E-state index contributed by atoms with van der Waals surface area (Å²) in [6, 6.07) is 2.96. The average Bonchev–Trinajstić information content (AvgIpc) is 2.12. The first-order valence-corrected chi connectivity index (χ1v) is 4.97. The summed E-state index contributed by atoms with van der Waals surface area (Å²) in [5.41, 5.74) is 1.01. The summed E-state index contributed by atoms with van der Waals surface area (Å²) in [4.78, 5) is 10.5. The molecule has 1 aromatic rings. The van der Waals surface area contributed by atoms with Crippen molar-refractivity contribution in [3.63, 3.8) is 0 Å². The zero-order chi connectivity index (χ0) is 11.6. The molecule has 0 amide bonds. The summed E-state index contributed by atoms with van der Waals surface area (Å²) in [5, 5.41) is 8.95. The van der Waals surface area contributed by atoms with Crippen molar-refractivity contribution >= 4 is 17.6 Å². The molecule has 4 heteroatoms. The van der Waals surface area contributed by atoms with E-state index in [9.17, 15) is 9.18 Å². The van der Waals surface area contributed by atoms with Crippen molar-refractivity contribution in [3.8, 4) is 0 Å². The molecule has 0 heterocycles. The van der Waals surface area contributed by atoms with Crippen LogP contribution in [0.25, 0.3) is 0 Å². The van der Waals surface area contributed by atoms with E-state index in [2.05, 4.69) is 0 Å². The molecule has 0 bridgehead atoms. The number of halogens is 2. The summed E-state index contributed by atoms with van der Waals surface area (Å²) < 4.78 is 13.3. The zero-order valence-corrected chi connectivity index (χ0v) is 9.31. The maximum Gasteiger partial charge on any atom is 0.303 e. The van der Waals surface area contributed by atoms with Crippen LogP contribution in [0.2, 0.25) is 5.02 Å². The minimum atomic E-state index is -0.903. The Morgan fingerprint density at radius 1 is 1.60 bits per heavy atom. The predicted octanol–water partition coefficient (Wildman–Crippen LogP) is 3.37. The van der Waals surface area contributed by atoms with Crippen LogP contribution in [0.4, 0.5) is 4.39 Å². The number of aliphatic carboxylic acids is 1. The summed E-state index contributed by atoms with van der Waals surface area (Å²) in [5.74, 6) is -1.54. The lowest BCUT2D eigenvalue weighted by atomic mass is 9.97. The Morgan fingerprint density at radius 2 is 2.20 bits per heavy atom. The molecule has 1 rings (SSSR count). The van der Waals surface area contributed by atoms with Crippen LogP contribution in [-0.2, 0) is 4.79 Å². The predicted molar refractivity (Wildman–Crippen MR) is 56.8 cm³/mol. The highest BCUT2D eigenvalue weighted by Gasteiger charge is 2.13. The molecule has 1 aromatic carbocycles. The van der Waals surface area contributed by atoms with E-state index in [4.69, 9.17) is 16.7 Å². The molecule has 0 spiro atoms. The monoisotopic (exact) mass is 230 g/mol. The maximum absolute atomic E-state index is 13.3. The fraction of sp³-hybridized carbons (Fsp3) is 0.364. The number of rotatable bonds is 3. The molecule has 82 valence electrons. The molecule has 0 saturated carbocycles. The second-order valence-electron chi connectivity index (χ2n) is 3.61. The SMILES string of the molecule is Cc1c(F)cc(C(C)CC(=O)O)cc1Cl. The molecule has 1 unspecified atom stereocenters. The molecular weight excluding hydrogens is 219 g/mol. The summed E-state index contributed by atoms with van der Waals surface area (Å²) in [6.45, 7) is 3.32. The Hall–Kier alpha value is -1.09. The average molecular weight is 231 g/mol. The number of carbonyl (C=O) groups is 1. The van der Waals surface area contributed by atoms with E-state index >= 15 is 0 Å². The number of benzene rings is 1. The number of carboxylic acid groups (broad SMARTS) is 1. The van der Waals surface area contributed by atoms with Crippen LogP contribution < -0.4 is 0 Å². The molecule has 15 heavy (non-hydrogen) atoms. The number of hydrogen-bond acceptors (Lipinski definition) is 1. The van der Waals surface area contributed by atoms with Gasteiger partial charge < -0.3 is 5.11 Å². The standard InChI is InChI=1S/C11H12ClFO2/c1-6(3-11(14)15)8-4-9(12)7(2)10(13)5-8/h4-6H,3H2,1-2H3,(H,14,15). The highest BCUT2D eigenvalue weighted by atomic mass is 35.5. The van der Waals surface area contributed by atoms with Gasteiger partial charge in [0.05, 0.1) is 6.42 Å². The van der Waals surface area contributed by atoms with Crippen LogP contribution in [0, 0.1) is 12.7 Å². The number of carboxylic acids is 1. The summed E-state index contributed by atoms with van der Waals surface area (Å²) >= 11 is 5.81. The molecule has 0 saturated heterocycles. The van der Waals surface area contributed by atoms with E-state index in [1.165, 1.54) is 6.07 Å². The molecule has 0 aromatic heterocycles. The van der Waals surface area contributed by atoms with E-state index < -0.39 is 11.8 Å². The van der Waals surface area contributed by atoms with Crippen LogP contribution in [0.5, 0.6) is 0 Å². The van der Waals surface area contributed by atoms with Crippen LogP contribution in [-0.4, -0.2) is 11.1 Å². The van der Waals surface area contributed by atoms with Gasteiger partial charge in [-0.3, -0.25) is 4.79 Å². The van der Waals surface area contributed by atoms with Gasteiger partial charge in [0.15, 0.2) is 0 Å². The topological polar surface area (TPSA) is 37.3 Å². The Balaban J connectivity index is 3.00. The molecular formula is C11H12ClFO2. The quantitative estimate of drug-likeness (QED) is 0.865. The van der Waals surface area contributed by atoms with Gasteiger partial charge in [-0.05, 0) is 30.5 Å². The summed E-state index contributed by atoms with van der Waals surface area (Å²) in [7, 11) is 0. The Bertz CT molecular complexity index is 367. The van der Waals surface area contributed by atoms with Gasteiger partial charge in [-0.2, -0.15) is 0 Å². The second-order valence-corrected chi connectivity index (χ2v) is 4.02. The van der Waals surface area contributed by atoms with E-state index in [-0.39, 0.29) is 12.3 Å². The van der Waals surface area contributed by atoms with Crippen molar-refractivity contribution < 1.29 is 14.3 Å². The number of hydrogen-bond donors (Lipinski definition) is 1. The smallest absolute Gasteiger partial charge is 0.303 e. The van der Waals surface area contributed by atoms with Gasteiger partial charge in [0.25, 0.3) is 0 Å². The van der Waals surface area contributed by atoms with Gasteiger partial charge in [0, 0.05) is 10.6 Å². The van der Waals surface area contributed by atoms with Gasteiger partial charge >= 0.3 is 5.97 Å². The fourth-order valence-corrected chi connectivity index (χ4v) is 1.55. The van der Waals surface area contributed by atoms with Crippen LogP contribution >= 0.6 is 11.6 Å². The van der Waals surface area contributed by atoms with Crippen LogP contribution in [0.3, 0.4) is 0 Å². The molecule has 0 aliphatic carbocycles. The third-order valence-electron chi connectivity index (χ3n) is 2.35. The van der Waals surface area contributed by atoms with E-state index in [0.717, 1.165) is 0 Å². The van der Waals surface area contributed by atoms with Crippen molar-refractivity contribution in [2.75, 3.05) is 0 Å². The van der Waals surface area contributed by atoms with Gasteiger partial charge in [-0.1, -0.05) is 18.5 Å². The fourth-order valence-electron chi connectivity index (χ4n) is 1.33. The molecule has 0 radical (unpaired) electrons. The van der Waals surface area contributed by atoms with Crippen molar-refractivity contribution in [3.05, 3.63) is 34.1 Å². The van der Waals surface area contributed by atoms with Crippen LogP contribution in [0.1, 0.15) is 30.4 Å². The molecule has 1 N–H and O–H groups in total. The normalized spacial score (nSPS) is 12.5. The minimum absolute atomic E-state index is 0.0289. The van der Waals surface area contributed by atoms with Gasteiger partial charge in [0.2, 0.25) is 0 Å². The van der Waals surface area contributed by atoms with E-state index in [1.807, 2.05) is 0 Å². The third-order valence-corrected chi connectivity index (χ3v) is 2.75. The highest BCUT2D eigenvalue weighted by Crippen LogP contribution is 2.26. The Kier molecular flexibility index (Phi) is 3.69.